The van der Waals surface area contributed by atoms with Gasteiger partial charge in [0.25, 0.3) is 5.56 Å². The number of fused-ring (bicyclic) bond motifs is 1. The molecule has 3 heterocycles. The van der Waals surface area contributed by atoms with Gasteiger partial charge in [-0.2, -0.15) is 5.10 Å². The van der Waals surface area contributed by atoms with Crippen LogP contribution in [0, 0.1) is 0 Å². The first kappa shape index (κ1) is 19.6. The van der Waals surface area contributed by atoms with Gasteiger partial charge in [0.1, 0.15) is 5.82 Å². The van der Waals surface area contributed by atoms with Gasteiger partial charge >= 0.3 is 0 Å². The van der Waals surface area contributed by atoms with E-state index in [1.807, 2.05) is 12.3 Å². The molecule has 0 amide bonds. The molecule has 6 nitrogen and oxygen atoms in total. The number of benzene rings is 1. The largest absolute Gasteiger partial charge is 0.354 e. The van der Waals surface area contributed by atoms with Crippen molar-refractivity contribution in [3.8, 4) is 0 Å². The standard InChI is InChI=1S/C23H29N5O/c1-23(2,3)20-8-9-21(29)28(25-20)17-14-26-12-15-27(16-13-26)22-19-7-5-4-6-18(19)10-11-24-22/h4-11H,12-17H2,1-3H3. The van der Waals surface area contributed by atoms with Gasteiger partial charge in [-0.05, 0) is 17.5 Å². The highest BCUT2D eigenvalue weighted by molar-refractivity contribution is 5.92. The number of hydrogen-bond donors (Lipinski definition) is 0. The summed E-state index contributed by atoms with van der Waals surface area (Å²) in [5, 5.41) is 7.01. The van der Waals surface area contributed by atoms with E-state index in [1.165, 1.54) is 10.8 Å². The SMILES string of the molecule is CC(C)(C)c1ccc(=O)n(CCN2CCN(c3nccc4ccccc34)CC2)n1. The second-order valence-electron chi connectivity index (χ2n) is 8.71. The van der Waals surface area contributed by atoms with E-state index in [0.29, 0.717) is 6.54 Å². The molecule has 0 N–H and O–H groups in total. The predicted molar refractivity (Wildman–Crippen MR) is 118 cm³/mol. The molecule has 0 spiro atoms. The summed E-state index contributed by atoms with van der Waals surface area (Å²) in [4.78, 5) is 21.6. The number of piperazine rings is 1. The fourth-order valence-electron chi connectivity index (χ4n) is 3.78. The Morgan fingerprint density at radius 3 is 2.45 bits per heavy atom. The van der Waals surface area contributed by atoms with Crippen LogP contribution in [0.2, 0.25) is 0 Å². The summed E-state index contributed by atoms with van der Waals surface area (Å²) in [7, 11) is 0. The van der Waals surface area contributed by atoms with E-state index in [0.717, 1.165) is 44.2 Å². The van der Waals surface area contributed by atoms with Gasteiger partial charge in [0.15, 0.2) is 0 Å². The lowest BCUT2D eigenvalue weighted by molar-refractivity contribution is 0.241. The average Bonchev–Trinajstić information content (AvgIpc) is 2.72. The van der Waals surface area contributed by atoms with E-state index < -0.39 is 0 Å². The minimum absolute atomic E-state index is 0.0309. The number of aromatic nitrogens is 3. The highest BCUT2D eigenvalue weighted by Gasteiger charge is 2.20. The fourth-order valence-corrected chi connectivity index (χ4v) is 3.78. The summed E-state index contributed by atoms with van der Waals surface area (Å²) >= 11 is 0. The number of hydrogen-bond acceptors (Lipinski definition) is 5. The lowest BCUT2D eigenvalue weighted by Gasteiger charge is -2.35. The molecule has 1 saturated heterocycles. The highest BCUT2D eigenvalue weighted by Crippen LogP contribution is 2.25. The lowest BCUT2D eigenvalue weighted by Crippen LogP contribution is -2.48. The van der Waals surface area contributed by atoms with E-state index in [2.05, 4.69) is 71.0 Å². The zero-order chi connectivity index (χ0) is 20.4. The van der Waals surface area contributed by atoms with Crippen molar-refractivity contribution in [2.24, 2.45) is 0 Å². The fraction of sp³-hybridized carbons (Fsp3) is 0.435. The Morgan fingerprint density at radius 2 is 1.69 bits per heavy atom. The van der Waals surface area contributed by atoms with Crippen LogP contribution in [0.1, 0.15) is 26.5 Å². The molecule has 1 aromatic carbocycles. The normalized spacial score (nSPS) is 15.8. The molecule has 1 fully saturated rings. The second-order valence-corrected chi connectivity index (χ2v) is 8.71. The van der Waals surface area contributed by atoms with Crippen molar-refractivity contribution in [2.75, 3.05) is 37.6 Å². The summed E-state index contributed by atoms with van der Waals surface area (Å²) in [6.07, 6.45) is 1.89. The van der Waals surface area contributed by atoms with Gasteiger partial charge in [-0.25, -0.2) is 9.67 Å². The second kappa shape index (κ2) is 7.95. The van der Waals surface area contributed by atoms with Gasteiger partial charge in [0.05, 0.1) is 12.2 Å². The van der Waals surface area contributed by atoms with Crippen molar-refractivity contribution in [1.82, 2.24) is 19.7 Å². The highest BCUT2D eigenvalue weighted by atomic mass is 16.1. The van der Waals surface area contributed by atoms with Crippen molar-refractivity contribution in [2.45, 2.75) is 32.7 Å². The Balaban J connectivity index is 1.39. The molecule has 0 unspecified atom stereocenters. The first-order chi connectivity index (χ1) is 13.9. The zero-order valence-corrected chi connectivity index (χ0v) is 17.5. The molecule has 0 radical (unpaired) electrons. The maximum absolute atomic E-state index is 12.2. The van der Waals surface area contributed by atoms with E-state index in [-0.39, 0.29) is 11.0 Å². The summed E-state index contributed by atoms with van der Waals surface area (Å²) in [5.41, 5.74) is 0.854. The minimum atomic E-state index is -0.0630. The Morgan fingerprint density at radius 1 is 0.931 bits per heavy atom. The van der Waals surface area contributed by atoms with Crippen LogP contribution in [0.5, 0.6) is 0 Å². The molecule has 4 rings (SSSR count). The topological polar surface area (TPSA) is 54.3 Å². The van der Waals surface area contributed by atoms with Crippen LogP contribution in [-0.2, 0) is 12.0 Å². The van der Waals surface area contributed by atoms with Gasteiger partial charge in [0, 0.05) is 55.8 Å². The molecule has 0 atom stereocenters. The molecule has 0 saturated carbocycles. The minimum Gasteiger partial charge on any atom is -0.354 e. The van der Waals surface area contributed by atoms with Crippen LogP contribution >= 0.6 is 0 Å². The first-order valence-corrected chi connectivity index (χ1v) is 10.3. The van der Waals surface area contributed by atoms with Gasteiger partial charge in [-0.3, -0.25) is 9.69 Å². The van der Waals surface area contributed by atoms with Gasteiger partial charge in [-0.1, -0.05) is 45.0 Å². The molecular weight excluding hydrogens is 362 g/mol. The average molecular weight is 392 g/mol. The molecule has 0 bridgehead atoms. The first-order valence-electron chi connectivity index (χ1n) is 10.3. The molecule has 6 heteroatoms. The van der Waals surface area contributed by atoms with Crippen molar-refractivity contribution in [1.29, 1.82) is 0 Å². The van der Waals surface area contributed by atoms with Crippen LogP contribution in [0.25, 0.3) is 10.8 Å². The predicted octanol–water partition coefficient (Wildman–Crippen LogP) is 2.91. The van der Waals surface area contributed by atoms with Gasteiger partial charge in [-0.15, -0.1) is 0 Å². The van der Waals surface area contributed by atoms with Crippen LogP contribution in [0.15, 0.2) is 53.5 Å². The van der Waals surface area contributed by atoms with Crippen molar-refractivity contribution in [3.63, 3.8) is 0 Å². The Bertz CT molecular complexity index is 1040. The molecular formula is C23H29N5O. The number of anilines is 1. The third-order valence-electron chi connectivity index (χ3n) is 5.59. The van der Waals surface area contributed by atoms with Crippen molar-refractivity contribution < 1.29 is 0 Å². The number of nitrogens with zero attached hydrogens (tertiary/aromatic N) is 5. The third-order valence-corrected chi connectivity index (χ3v) is 5.59. The van der Waals surface area contributed by atoms with E-state index in [1.54, 1.807) is 10.7 Å². The van der Waals surface area contributed by atoms with Crippen LogP contribution in [0.4, 0.5) is 5.82 Å². The Kier molecular flexibility index (Phi) is 5.37. The summed E-state index contributed by atoms with van der Waals surface area (Å²) in [6, 6.07) is 13.9. The van der Waals surface area contributed by atoms with Gasteiger partial charge < -0.3 is 4.90 Å². The lowest BCUT2D eigenvalue weighted by atomic mass is 9.92. The maximum Gasteiger partial charge on any atom is 0.266 e. The molecule has 1 aliphatic rings. The summed E-state index contributed by atoms with van der Waals surface area (Å²) in [5.74, 6) is 1.07. The Labute approximate surface area is 171 Å². The smallest absolute Gasteiger partial charge is 0.266 e. The van der Waals surface area contributed by atoms with Crippen molar-refractivity contribution in [3.05, 3.63) is 64.7 Å². The van der Waals surface area contributed by atoms with Crippen LogP contribution < -0.4 is 10.5 Å². The quantitative estimate of drug-likeness (QED) is 0.685. The molecule has 1 aliphatic heterocycles. The third kappa shape index (κ3) is 4.32. The monoisotopic (exact) mass is 391 g/mol. The van der Waals surface area contributed by atoms with Gasteiger partial charge in [0.2, 0.25) is 0 Å². The molecule has 2 aromatic heterocycles. The van der Waals surface area contributed by atoms with Crippen LogP contribution in [-0.4, -0.2) is 52.4 Å². The maximum atomic E-state index is 12.2. The zero-order valence-electron chi connectivity index (χ0n) is 17.5. The molecule has 152 valence electrons. The summed E-state index contributed by atoms with van der Waals surface area (Å²) < 4.78 is 1.61. The number of rotatable bonds is 4. The van der Waals surface area contributed by atoms with Crippen molar-refractivity contribution >= 4 is 16.6 Å². The Hall–Kier alpha value is -2.73. The number of pyridine rings is 1. The molecule has 29 heavy (non-hydrogen) atoms. The van der Waals surface area contributed by atoms with E-state index in [9.17, 15) is 4.79 Å². The van der Waals surface area contributed by atoms with E-state index >= 15 is 0 Å². The molecule has 3 aromatic rings. The summed E-state index contributed by atoms with van der Waals surface area (Å²) in [6.45, 7) is 11.6. The van der Waals surface area contributed by atoms with E-state index in [4.69, 9.17) is 0 Å². The van der Waals surface area contributed by atoms with Crippen LogP contribution in [0.3, 0.4) is 0 Å². The molecule has 0 aliphatic carbocycles.